The molecule has 1 aliphatic rings. The van der Waals surface area contributed by atoms with E-state index in [0.29, 0.717) is 5.96 Å². The van der Waals surface area contributed by atoms with E-state index in [4.69, 9.17) is 5.73 Å². The largest absolute Gasteiger partial charge is 0.370 e. The molecule has 1 saturated carbocycles. The van der Waals surface area contributed by atoms with Gasteiger partial charge in [0.2, 0.25) is 0 Å². The van der Waals surface area contributed by atoms with Gasteiger partial charge in [-0.15, -0.1) is 24.0 Å². The zero-order chi connectivity index (χ0) is 12.3. The fraction of sp³-hybridized carbons (Fsp3) is 0.500. The SMILES string of the molecule is Cc1ccc(NC(N)=NCCC2CC2)cc1C.I. The Kier molecular flexibility index (Phi) is 5.91. The van der Waals surface area contributed by atoms with E-state index in [-0.39, 0.29) is 24.0 Å². The zero-order valence-corrected chi connectivity index (χ0v) is 13.4. The van der Waals surface area contributed by atoms with Crippen LogP contribution in [-0.4, -0.2) is 12.5 Å². The maximum absolute atomic E-state index is 5.84. The Hall–Kier alpha value is -0.780. The second kappa shape index (κ2) is 6.97. The van der Waals surface area contributed by atoms with E-state index in [1.165, 1.54) is 30.4 Å². The van der Waals surface area contributed by atoms with Gasteiger partial charge in [-0.05, 0) is 49.4 Å². The minimum atomic E-state index is 0. The smallest absolute Gasteiger partial charge is 0.193 e. The molecule has 0 atom stereocenters. The number of nitrogens with two attached hydrogens (primary N) is 1. The van der Waals surface area contributed by atoms with Gasteiger partial charge in [0.15, 0.2) is 5.96 Å². The number of anilines is 1. The summed E-state index contributed by atoms with van der Waals surface area (Å²) >= 11 is 0. The third-order valence-electron chi connectivity index (χ3n) is 3.30. The Bertz CT molecular complexity index is 425. The molecule has 3 N–H and O–H groups in total. The highest BCUT2D eigenvalue weighted by Gasteiger charge is 2.19. The normalized spacial score (nSPS) is 15.1. The highest BCUT2D eigenvalue weighted by atomic mass is 127. The van der Waals surface area contributed by atoms with Gasteiger partial charge in [0.25, 0.3) is 0 Å². The molecule has 0 saturated heterocycles. The van der Waals surface area contributed by atoms with E-state index < -0.39 is 0 Å². The minimum absolute atomic E-state index is 0. The average Bonchev–Trinajstić information content (AvgIpc) is 3.07. The van der Waals surface area contributed by atoms with Crippen LogP contribution >= 0.6 is 24.0 Å². The molecule has 0 amide bonds. The van der Waals surface area contributed by atoms with Crippen molar-refractivity contribution in [3.63, 3.8) is 0 Å². The molecule has 4 heteroatoms. The second-order valence-corrected chi connectivity index (χ2v) is 4.92. The van der Waals surface area contributed by atoms with Gasteiger partial charge in [0, 0.05) is 12.2 Å². The number of aryl methyl sites for hydroxylation is 2. The van der Waals surface area contributed by atoms with Crippen LogP contribution in [0.3, 0.4) is 0 Å². The summed E-state index contributed by atoms with van der Waals surface area (Å²) in [5.74, 6) is 1.43. The van der Waals surface area contributed by atoms with E-state index in [1.54, 1.807) is 0 Å². The number of nitrogens with one attached hydrogen (secondary N) is 1. The van der Waals surface area contributed by atoms with Gasteiger partial charge in [-0.25, -0.2) is 0 Å². The van der Waals surface area contributed by atoms with Crippen molar-refractivity contribution in [2.75, 3.05) is 11.9 Å². The Balaban J connectivity index is 0.00000162. The summed E-state index contributed by atoms with van der Waals surface area (Å²) in [5.41, 5.74) is 9.41. The molecule has 0 bridgehead atoms. The predicted octanol–water partition coefficient (Wildman–Crippen LogP) is 3.45. The third-order valence-corrected chi connectivity index (χ3v) is 3.30. The van der Waals surface area contributed by atoms with Crippen LogP contribution in [0.2, 0.25) is 0 Å². The molecule has 3 nitrogen and oxygen atoms in total. The molecular weight excluding hydrogens is 337 g/mol. The molecule has 1 aromatic rings. The average molecular weight is 359 g/mol. The molecule has 1 aromatic carbocycles. The van der Waals surface area contributed by atoms with Gasteiger partial charge >= 0.3 is 0 Å². The fourth-order valence-corrected chi connectivity index (χ4v) is 1.78. The standard InChI is InChI=1S/C14H21N3.HI/c1-10-3-6-13(9-11(10)2)17-14(15)16-8-7-12-4-5-12;/h3,6,9,12H,4-5,7-8H2,1-2H3,(H3,15,16,17);1H. The first-order chi connectivity index (χ1) is 8.15. The number of hydrogen-bond donors (Lipinski definition) is 2. The van der Waals surface area contributed by atoms with Crippen molar-refractivity contribution in [1.29, 1.82) is 0 Å². The summed E-state index contributed by atoms with van der Waals surface area (Å²) in [6.45, 7) is 5.04. The van der Waals surface area contributed by atoms with E-state index in [1.807, 2.05) is 6.07 Å². The van der Waals surface area contributed by atoms with E-state index in [2.05, 4.69) is 36.3 Å². The van der Waals surface area contributed by atoms with Gasteiger partial charge in [0.1, 0.15) is 0 Å². The number of hydrogen-bond acceptors (Lipinski definition) is 1. The van der Waals surface area contributed by atoms with Gasteiger partial charge < -0.3 is 11.1 Å². The monoisotopic (exact) mass is 359 g/mol. The Morgan fingerprint density at radius 2 is 2.06 bits per heavy atom. The van der Waals surface area contributed by atoms with E-state index >= 15 is 0 Å². The Labute approximate surface area is 126 Å². The Morgan fingerprint density at radius 3 is 2.67 bits per heavy atom. The van der Waals surface area contributed by atoms with E-state index in [9.17, 15) is 0 Å². The number of rotatable bonds is 4. The molecule has 0 aromatic heterocycles. The predicted molar refractivity (Wildman–Crippen MR) is 88.8 cm³/mol. The summed E-state index contributed by atoms with van der Waals surface area (Å²) < 4.78 is 0. The number of benzene rings is 1. The summed E-state index contributed by atoms with van der Waals surface area (Å²) in [6.07, 6.45) is 3.93. The highest BCUT2D eigenvalue weighted by molar-refractivity contribution is 14.0. The lowest BCUT2D eigenvalue weighted by Crippen LogP contribution is -2.23. The van der Waals surface area contributed by atoms with Crippen LogP contribution in [0, 0.1) is 19.8 Å². The van der Waals surface area contributed by atoms with Crippen molar-refractivity contribution < 1.29 is 0 Å². The molecule has 0 aliphatic heterocycles. The quantitative estimate of drug-likeness (QED) is 0.492. The number of aliphatic imine (C=N–C) groups is 1. The second-order valence-electron chi connectivity index (χ2n) is 4.92. The molecule has 0 heterocycles. The topological polar surface area (TPSA) is 50.4 Å². The van der Waals surface area contributed by atoms with Gasteiger partial charge in [-0.1, -0.05) is 18.9 Å². The van der Waals surface area contributed by atoms with Crippen LogP contribution in [-0.2, 0) is 0 Å². The number of guanidine groups is 1. The molecule has 18 heavy (non-hydrogen) atoms. The molecule has 0 unspecified atom stereocenters. The van der Waals surface area contributed by atoms with Crippen LogP contribution in [0.15, 0.2) is 23.2 Å². The first-order valence-corrected chi connectivity index (χ1v) is 6.29. The molecule has 100 valence electrons. The molecule has 0 radical (unpaired) electrons. The van der Waals surface area contributed by atoms with Crippen molar-refractivity contribution in [1.82, 2.24) is 0 Å². The minimum Gasteiger partial charge on any atom is -0.370 e. The van der Waals surface area contributed by atoms with E-state index in [0.717, 1.165) is 18.2 Å². The van der Waals surface area contributed by atoms with Crippen LogP contribution in [0.5, 0.6) is 0 Å². The van der Waals surface area contributed by atoms with Crippen molar-refractivity contribution >= 4 is 35.6 Å². The van der Waals surface area contributed by atoms with Gasteiger partial charge in [-0.3, -0.25) is 4.99 Å². The first kappa shape index (κ1) is 15.3. The number of halogens is 1. The van der Waals surface area contributed by atoms with Crippen molar-refractivity contribution in [3.8, 4) is 0 Å². The summed E-state index contributed by atoms with van der Waals surface area (Å²) in [7, 11) is 0. The molecule has 2 rings (SSSR count). The van der Waals surface area contributed by atoms with Crippen LogP contribution in [0.25, 0.3) is 0 Å². The van der Waals surface area contributed by atoms with Gasteiger partial charge in [-0.2, -0.15) is 0 Å². The van der Waals surface area contributed by atoms with Crippen molar-refractivity contribution in [3.05, 3.63) is 29.3 Å². The molecule has 1 aliphatic carbocycles. The summed E-state index contributed by atoms with van der Waals surface area (Å²) in [6, 6.07) is 6.22. The van der Waals surface area contributed by atoms with Crippen LogP contribution in [0.4, 0.5) is 5.69 Å². The first-order valence-electron chi connectivity index (χ1n) is 6.29. The highest BCUT2D eigenvalue weighted by Crippen LogP contribution is 2.32. The van der Waals surface area contributed by atoms with Gasteiger partial charge in [0.05, 0.1) is 0 Å². The maximum Gasteiger partial charge on any atom is 0.193 e. The number of nitrogens with zero attached hydrogens (tertiary/aromatic N) is 1. The van der Waals surface area contributed by atoms with Crippen LogP contribution < -0.4 is 11.1 Å². The maximum atomic E-state index is 5.84. The summed E-state index contributed by atoms with van der Waals surface area (Å²) in [4.78, 5) is 4.34. The molecular formula is C14H22IN3. The lowest BCUT2D eigenvalue weighted by Gasteiger charge is -2.08. The third kappa shape index (κ3) is 4.84. The zero-order valence-electron chi connectivity index (χ0n) is 11.1. The lowest BCUT2D eigenvalue weighted by atomic mass is 10.1. The summed E-state index contributed by atoms with van der Waals surface area (Å²) in [5, 5.41) is 3.13. The Morgan fingerprint density at radius 1 is 1.33 bits per heavy atom. The lowest BCUT2D eigenvalue weighted by molar-refractivity contribution is 0.739. The van der Waals surface area contributed by atoms with Crippen molar-refractivity contribution in [2.45, 2.75) is 33.1 Å². The van der Waals surface area contributed by atoms with Crippen LogP contribution in [0.1, 0.15) is 30.4 Å². The van der Waals surface area contributed by atoms with Crippen molar-refractivity contribution in [2.24, 2.45) is 16.6 Å². The fourth-order valence-electron chi connectivity index (χ4n) is 1.78. The molecule has 1 fully saturated rings. The molecule has 0 spiro atoms.